The fourth-order valence-corrected chi connectivity index (χ4v) is 5.44. The Hall–Kier alpha value is -0.490. The molecule has 0 unspecified atom stereocenters. The van der Waals surface area contributed by atoms with E-state index in [4.69, 9.17) is 34.8 Å². The number of benzene rings is 1. The molecule has 21 heavy (non-hydrogen) atoms. The average molecular weight is 371 g/mol. The van der Waals surface area contributed by atoms with E-state index in [-0.39, 0.29) is 10.8 Å². The molecule has 4 nitrogen and oxygen atoms in total. The molecule has 1 fully saturated rings. The van der Waals surface area contributed by atoms with Crippen molar-refractivity contribution in [1.29, 1.82) is 0 Å². The number of carbonyl (C=O) groups is 1. The van der Waals surface area contributed by atoms with Crippen molar-refractivity contribution in [3.8, 4) is 0 Å². The van der Waals surface area contributed by atoms with E-state index >= 15 is 0 Å². The Morgan fingerprint density at radius 3 is 2.19 bits per heavy atom. The Kier molecular flexibility index (Phi) is 4.51. The highest BCUT2D eigenvalue weighted by atomic mass is 35.5. The maximum Gasteiger partial charge on any atom is 0.273 e. The van der Waals surface area contributed by atoms with Gasteiger partial charge in [0.1, 0.15) is 0 Å². The van der Waals surface area contributed by atoms with Crippen LogP contribution in [0.25, 0.3) is 0 Å². The highest BCUT2D eigenvalue weighted by molar-refractivity contribution is 7.89. The lowest BCUT2D eigenvalue weighted by Crippen LogP contribution is -2.39. The van der Waals surface area contributed by atoms with Crippen LogP contribution in [-0.4, -0.2) is 34.9 Å². The van der Waals surface area contributed by atoms with Crippen LogP contribution in [0, 0.1) is 12.8 Å². The fraction of sp³-hybridized carbons (Fsp3) is 0.462. The molecule has 1 aliphatic heterocycles. The van der Waals surface area contributed by atoms with Crippen LogP contribution < -0.4 is 0 Å². The van der Waals surface area contributed by atoms with Gasteiger partial charge in [-0.1, -0.05) is 40.9 Å². The van der Waals surface area contributed by atoms with Gasteiger partial charge in [-0.2, -0.15) is 0 Å². The van der Waals surface area contributed by atoms with Crippen LogP contribution in [0.3, 0.4) is 0 Å². The van der Waals surface area contributed by atoms with Gasteiger partial charge in [-0.25, -0.2) is 12.7 Å². The Balaban J connectivity index is 2.50. The van der Waals surface area contributed by atoms with Crippen molar-refractivity contribution in [1.82, 2.24) is 4.31 Å². The predicted molar refractivity (Wildman–Crippen MR) is 83.3 cm³/mol. The molecule has 1 aromatic rings. The van der Waals surface area contributed by atoms with Gasteiger partial charge in [0.15, 0.2) is 0 Å². The fourth-order valence-electron chi connectivity index (χ4n) is 2.33. The lowest BCUT2D eigenvalue weighted by atomic mass is 10.0. The summed E-state index contributed by atoms with van der Waals surface area (Å²) in [6.45, 7) is 3.41. The number of alkyl halides is 3. The van der Waals surface area contributed by atoms with Crippen molar-refractivity contribution in [2.45, 2.75) is 29.1 Å². The molecule has 0 radical (unpaired) electrons. The normalized spacial score (nSPS) is 25.4. The molecule has 116 valence electrons. The molecule has 0 aromatic heterocycles. The molecule has 1 amide bonds. The first kappa shape index (κ1) is 16.9. The zero-order chi connectivity index (χ0) is 16.0. The highest BCUT2D eigenvalue weighted by Gasteiger charge is 2.59. The van der Waals surface area contributed by atoms with Gasteiger partial charge in [-0.3, -0.25) is 4.79 Å². The zero-order valence-corrected chi connectivity index (χ0v) is 14.5. The summed E-state index contributed by atoms with van der Waals surface area (Å²) >= 11 is 17.8. The first-order chi connectivity index (χ1) is 9.64. The average Bonchev–Trinajstić information content (AvgIpc) is 2.56. The Bertz CT molecular complexity index is 658. The molecule has 1 heterocycles. The van der Waals surface area contributed by atoms with Crippen LogP contribution in [0.15, 0.2) is 29.2 Å². The van der Waals surface area contributed by atoms with Gasteiger partial charge in [0, 0.05) is 11.8 Å². The van der Waals surface area contributed by atoms with E-state index in [9.17, 15) is 13.2 Å². The standard InChI is InChI=1S/C13H14Cl3NO3S/c1-8-3-5-10(6-4-8)21(19,20)17-9(2)11(7-14)13(15,16)12(17)18/h3-6,9,11H,7H2,1-2H3/t9-,11-/m1/s1. The van der Waals surface area contributed by atoms with Crippen molar-refractivity contribution < 1.29 is 13.2 Å². The van der Waals surface area contributed by atoms with Crippen LogP contribution >= 0.6 is 34.8 Å². The number of carbonyl (C=O) groups excluding carboxylic acids is 1. The van der Waals surface area contributed by atoms with Gasteiger partial charge < -0.3 is 0 Å². The monoisotopic (exact) mass is 369 g/mol. The Morgan fingerprint density at radius 2 is 1.76 bits per heavy atom. The minimum absolute atomic E-state index is 0.0141. The van der Waals surface area contributed by atoms with Crippen LogP contribution in [0.2, 0.25) is 0 Å². The SMILES string of the molecule is Cc1ccc(S(=O)(=O)N2C(=O)C(Cl)(Cl)[C@H](CCl)[C@H]2C)cc1. The Labute approximate surface area is 139 Å². The molecule has 1 saturated heterocycles. The van der Waals surface area contributed by atoms with Gasteiger partial charge in [0.05, 0.1) is 10.9 Å². The van der Waals surface area contributed by atoms with Crippen LogP contribution in [0.5, 0.6) is 0 Å². The van der Waals surface area contributed by atoms with E-state index in [2.05, 4.69) is 0 Å². The number of halogens is 3. The predicted octanol–water partition coefficient (Wildman–Crippen LogP) is 2.94. The first-order valence-electron chi connectivity index (χ1n) is 6.23. The molecule has 1 aromatic carbocycles. The second kappa shape index (κ2) is 5.61. The van der Waals surface area contributed by atoms with Gasteiger partial charge in [-0.15, -0.1) is 11.6 Å². The summed E-state index contributed by atoms with van der Waals surface area (Å²) in [4.78, 5) is 12.3. The van der Waals surface area contributed by atoms with Crippen molar-refractivity contribution in [2.75, 3.05) is 5.88 Å². The first-order valence-corrected chi connectivity index (χ1v) is 8.96. The maximum atomic E-state index is 12.7. The number of hydrogen-bond donors (Lipinski definition) is 0. The minimum Gasteiger partial charge on any atom is -0.270 e. The van der Waals surface area contributed by atoms with E-state index in [1.807, 2.05) is 6.92 Å². The summed E-state index contributed by atoms with van der Waals surface area (Å²) in [5.41, 5.74) is 0.914. The summed E-state index contributed by atoms with van der Waals surface area (Å²) in [6, 6.07) is 5.50. The van der Waals surface area contributed by atoms with Crippen LogP contribution in [0.1, 0.15) is 12.5 Å². The largest absolute Gasteiger partial charge is 0.273 e. The quantitative estimate of drug-likeness (QED) is 0.769. The molecular formula is C13H14Cl3NO3S. The van der Waals surface area contributed by atoms with Crippen LogP contribution in [-0.2, 0) is 14.8 Å². The minimum atomic E-state index is -4.01. The molecule has 2 atom stereocenters. The number of nitrogens with zero attached hydrogens (tertiary/aromatic N) is 1. The molecule has 1 aliphatic rings. The zero-order valence-electron chi connectivity index (χ0n) is 11.4. The second-order valence-electron chi connectivity index (χ2n) is 5.04. The van der Waals surface area contributed by atoms with E-state index < -0.39 is 32.2 Å². The lowest BCUT2D eigenvalue weighted by Gasteiger charge is -2.23. The smallest absolute Gasteiger partial charge is 0.270 e. The maximum absolute atomic E-state index is 12.7. The summed E-state index contributed by atoms with van der Waals surface area (Å²) < 4.78 is 24.2. The number of rotatable bonds is 3. The summed E-state index contributed by atoms with van der Waals surface area (Å²) in [5, 5.41) is 0. The number of amides is 1. The Morgan fingerprint density at radius 1 is 1.24 bits per heavy atom. The molecule has 0 aliphatic carbocycles. The van der Waals surface area contributed by atoms with E-state index in [0.717, 1.165) is 9.87 Å². The second-order valence-corrected chi connectivity index (χ2v) is 8.55. The molecule has 2 rings (SSSR count). The topological polar surface area (TPSA) is 54.5 Å². The van der Waals surface area contributed by atoms with Crippen molar-refractivity contribution in [2.24, 2.45) is 5.92 Å². The summed E-state index contributed by atoms with van der Waals surface area (Å²) in [5.74, 6) is -1.54. The highest BCUT2D eigenvalue weighted by Crippen LogP contribution is 2.45. The molecule has 0 spiro atoms. The van der Waals surface area contributed by atoms with Gasteiger partial charge in [-0.05, 0) is 26.0 Å². The van der Waals surface area contributed by atoms with Gasteiger partial charge in [0.25, 0.3) is 15.9 Å². The van der Waals surface area contributed by atoms with Crippen molar-refractivity contribution in [3.05, 3.63) is 29.8 Å². The molecule has 8 heteroatoms. The van der Waals surface area contributed by atoms with E-state index in [1.54, 1.807) is 19.1 Å². The molecule has 0 bridgehead atoms. The van der Waals surface area contributed by atoms with Crippen LogP contribution in [0.4, 0.5) is 0 Å². The third-order valence-electron chi connectivity index (χ3n) is 3.65. The third-order valence-corrected chi connectivity index (χ3v) is 6.75. The van der Waals surface area contributed by atoms with Crippen molar-refractivity contribution in [3.63, 3.8) is 0 Å². The molecule has 0 saturated carbocycles. The molecular weight excluding hydrogens is 357 g/mol. The van der Waals surface area contributed by atoms with Crippen molar-refractivity contribution >= 4 is 50.7 Å². The molecule has 0 N–H and O–H groups in total. The van der Waals surface area contributed by atoms with Gasteiger partial charge >= 0.3 is 0 Å². The van der Waals surface area contributed by atoms with Gasteiger partial charge in [0.2, 0.25) is 4.33 Å². The van der Waals surface area contributed by atoms with E-state index in [0.29, 0.717) is 0 Å². The van der Waals surface area contributed by atoms with E-state index in [1.165, 1.54) is 12.1 Å². The summed E-state index contributed by atoms with van der Waals surface area (Å²) in [6.07, 6.45) is 0. The number of sulfonamides is 1. The number of aryl methyl sites for hydroxylation is 1. The summed E-state index contributed by atoms with van der Waals surface area (Å²) in [7, 11) is -4.01. The number of hydrogen-bond acceptors (Lipinski definition) is 3. The lowest BCUT2D eigenvalue weighted by molar-refractivity contribution is -0.124. The third kappa shape index (κ3) is 2.65.